The second-order valence-electron chi connectivity index (χ2n) is 6.67. The van der Waals surface area contributed by atoms with E-state index in [0.29, 0.717) is 24.0 Å². The Labute approximate surface area is 148 Å². The van der Waals surface area contributed by atoms with Gasteiger partial charge in [-0.15, -0.1) is 0 Å². The summed E-state index contributed by atoms with van der Waals surface area (Å²) in [6, 6.07) is 6.09. The van der Waals surface area contributed by atoms with Gasteiger partial charge in [-0.1, -0.05) is 24.6 Å². The maximum atomic E-state index is 12.3. The Morgan fingerprint density at radius 1 is 1.21 bits per heavy atom. The van der Waals surface area contributed by atoms with Crippen LogP contribution in [0.2, 0.25) is 5.02 Å². The van der Waals surface area contributed by atoms with Crippen LogP contribution in [-0.4, -0.2) is 35.5 Å². The molecule has 2 unspecified atom stereocenters. The molecule has 0 radical (unpaired) electrons. The van der Waals surface area contributed by atoms with E-state index in [2.05, 4.69) is 0 Å². The van der Waals surface area contributed by atoms with E-state index >= 15 is 0 Å². The van der Waals surface area contributed by atoms with Crippen LogP contribution < -0.4 is 0 Å². The summed E-state index contributed by atoms with van der Waals surface area (Å²) in [4.78, 5) is 26.5. The summed E-state index contributed by atoms with van der Waals surface area (Å²) >= 11 is 6.10. The summed E-state index contributed by atoms with van der Waals surface area (Å²) in [6.45, 7) is 4.12. The topological polar surface area (TPSA) is 46.6 Å². The fraction of sp³-hybridized carbons (Fsp3) is 0.579. The van der Waals surface area contributed by atoms with Crippen LogP contribution in [0.5, 0.6) is 0 Å². The summed E-state index contributed by atoms with van der Waals surface area (Å²) in [5.41, 5.74) is 1.84. The molecule has 0 N–H and O–H groups in total. The van der Waals surface area contributed by atoms with Gasteiger partial charge in [0.25, 0.3) is 0 Å². The molecule has 0 aromatic heterocycles. The number of carbonyl (C=O) groups is 2. The summed E-state index contributed by atoms with van der Waals surface area (Å²) in [5.74, 6) is 0.434. The van der Waals surface area contributed by atoms with Gasteiger partial charge in [0.05, 0.1) is 6.61 Å². The van der Waals surface area contributed by atoms with Crippen LogP contribution in [0.1, 0.15) is 67.8 Å². The quantitative estimate of drug-likeness (QED) is 0.733. The average molecular weight is 350 g/mol. The van der Waals surface area contributed by atoms with E-state index in [1.807, 2.05) is 30.9 Å². The molecule has 2 heterocycles. The Morgan fingerprint density at radius 2 is 1.88 bits per heavy atom. The molecule has 130 valence electrons. The molecule has 2 aliphatic rings. The van der Waals surface area contributed by atoms with Crippen molar-refractivity contribution in [1.29, 1.82) is 0 Å². The van der Waals surface area contributed by atoms with Crippen molar-refractivity contribution in [3.63, 3.8) is 0 Å². The average Bonchev–Trinajstić information content (AvgIpc) is 2.84. The fourth-order valence-corrected chi connectivity index (χ4v) is 4.42. The molecule has 24 heavy (non-hydrogen) atoms. The van der Waals surface area contributed by atoms with E-state index in [1.165, 1.54) is 0 Å². The molecule has 2 fully saturated rings. The van der Waals surface area contributed by atoms with E-state index in [4.69, 9.17) is 16.3 Å². The third-order valence-corrected chi connectivity index (χ3v) is 5.52. The fourth-order valence-electron chi connectivity index (χ4n) is 4.24. The van der Waals surface area contributed by atoms with E-state index in [0.717, 1.165) is 36.8 Å². The van der Waals surface area contributed by atoms with Gasteiger partial charge in [-0.3, -0.25) is 4.79 Å². The summed E-state index contributed by atoms with van der Waals surface area (Å²) in [6.07, 6.45) is 4.10. The number of ketones is 1. The molecule has 1 aromatic rings. The zero-order chi connectivity index (χ0) is 17.3. The van der Waals surface area contributed by atoms with E-state index < -0.39 is 0 Å². The third-order valence-electron chi connectivity index (χ3n) is 5.29. The first kappa shape index (κ1) is 17.3. The summed E-state index contributed by atoms with van der Waals surface area (Å²) < 4.78 is 5.21. The van der Waals surface area contributed by atoms with E-state index in [1.54, 1.807) is 6.07 Å². The summed E-state index contributed by atoms with van der Waals surface area (Å²) in [5, 5.41) is 0.600. The number of benzene rings is 1. The molecule has 5 heteroatoms. The van der Waals surface area contributed by atoms with Gasteiger partial charge in [-0.25, -0.2) is 4.79 Å². The lowest BCUT2D eigenvalue weighted by molar-refractivity contribution is 0.0687. The Hall–Kier alpha value is -1.55. The Bertz CT molecular complexity index is 631. The van der Waals surface area contributed by atoms with Crippen LogP contribution in [0, 0.1) is 0 Å². The lowest BCUT2D eigenvalue weighted by Gasteiger charge is -2.38. The molecule has 0 saturated carbocycles. The van der Waals surface area contributed by atoms with E-state index in [9.17, 15) is 9.59 Å². The molecule has 2 saturated heterocycles. The van der Waals surface area contributed by atoms with Gasteiger partial charge in [0.15, 0.2) is 5.78 Å². The predicted octanol–water partition coefficient (Wildman–Crippen LogP) is 4.80. The maximum absolute atomic E-state index is 12.3. The van der Waals surface area contributed by atoms with Crippen LogP contribution in [0.25, 0.3) is 0 Å². The number of Topliss-reactive ketones (excluding diaryl/α,β-unsaturated/α-hetero) is 1. The van der Waals surface area contributed by atoms with Gasteiger partial charge in [0.1, 0.15) is 0 Å². The van der Waals surface area contributed by atoms with Crippen LogP contribution in [0.4, 0.5) is 4.79 Å². The van der Waals surface area contributed by atoms with Gasteiger partial charge < -0.3 is 9.64 Å². The number of fused-ring (bicyclic) bond motifs is 2. The Morgan fingerprint density at radius 3 is 2.46 bits per heavy atom. The van der Waals surface area contributed by atoms with Crippen molar-refractivity contribution in [2.45, 2.75) is 64.0 Å². The minimum Gasteiger partial charge on any atom is -0.450 e. The molecule has 2 aliphatic heterocycles. The number of ether oxygens (including phenoxy) is 1. The lowest BCUT2D eigenvalue weighted by Crippen LogP contribution is -2.46. The standard InChI is InChI=1S/C19H24ClNO3/c1-3-18(22)17-11-13(20)5-8-16(17)12-9-14-6-7-15(10-12)21(14)19(23)24-4-2/h5,8,11-12,14-15H,3-4,6-7,9-10H2,1-2H3. The maximum Gasteiger partial charge on any atom is 0.410 e. The first-order chi connectivity index (χ1) is 11.5. The number of hydrogen-bond acceptors (Lipinski definition) is 3. The minimum absolute atomic E-state index is 0.132. The van der Waals surface area contributed by atoms with Crippen molar-refractivity contribution >= 4 is 23.5 Å². The Balaban J connectivity index is 1.84. The van der Waals surface area contributed by atoms with Crippen molar-refractivity contribution in [2.24, 2.45) is 0 Å². The molecule has 0 spiro atoms. The Kier molecular flexibility index (Phi) is 5.14. The SMILES string of the molecule is CCOC(=O)N1C2CCC1CC(c1ccc(Cl)cc1C(=O)CC)C2. The molecule has 2 atom stereocenters. The molecule has 1 amide bonds. The number of rotatable bonds is 4. The monoisotopic (exact) mass is 349 g/mol. The highest BCUT2D eigenvalue weighted by atomic mass is 35.5. The zero-order valence-corrected chi connectivity index (χ0v) is 15.0. The zero-order valence-electron chi connectivity index (χ0n) is 14.3. The third kappa shape index (κ3) is 3.16. The van der Waals surface area contributed by atoms with Crippen molar-refractivity contribution in [2.75, 3.05) is 6.61 Å². The molecule has 1 aromatic carbocycles. The number of amides is 1. The van der Waals surface area contributed by atoms with Crippen LogP contribution in [-0.2, 0) is 4.74 Å². The lowest BCUT2D eigenvalue weighted by atomic mass is 9.82. The van der Waals surface area contributed by atoms with Gasteiger partial charge in [-0.05, 0) is 56.2 Å². The first-order valence-electron chi connectivity index (χ1n) is 8.82. The second kappa shape index (κ2) is 7.14. The normalized spacial score (nSPS) is 25.6. The first-order valence-corrected chi connectivity index (χ1v) is 9.20. The number of piperidine rings is 1. The van der Waals surface area contributed by atoms with Crippen molar-refractivity contribution in [3.8, 4) is 0 Å². The molecular formula is C19H24ClNO3. The number of halogens is 1. The number of hydrogen-bond donors (Lipinski definition) is 0. The molecule has 3 rings (SSSR count). The highest BCUT2D eigenvalue weighted by molar-refractivity contribution is 6.31. The van der Waals surface area contributed by atoms with Crippen LogP contribution in [0.15, 0.2) is 18.2 Å². The van der Waals surface area contributed by atoms with Gasteiger partial charge in [0.2, 0.25) is 0 Å². The number of carbonyl (C=O) groups excluding carboxylic acids is 2. The largest absolute Gasteiger partial charge is 0.450 e. The van der Waals surface area contributed by atoms with Crippen LogP contribution in [0.3, 0.4) is 0 Å². The highest BCUT2D eigenvalue weighted by Crippen LogP contribution is 2.44. The molecule has 2 bridgehead atoms. The minimum atomic E-state index is -0.190. The van der Waals surface area contributed by atoms with Crippen LogP contribution >= 0.6 is 11.6 Å². The van der Waals surface area contributed by atoms with Crippen molar-refractivity contribution in [3.05, 3.63) is 34.3 Å². The predicted molar refractivity (Wildman–Crippen MR) is 93.7 cm³/mol. The summed E-state index contributed by atoms with van der Waals surface area (Å²) in [7, 11) is 0. The molecular weight excluding hydrogens is 326 g/mol. The van der Waals surface area contributed by atoms with Crippen molar-refractivity contribution in [1.82, 2.24) is 4.90 Å². The number of nitrogens with zero attached hydrogens (tertiary/aromatic N) is 1. The molecule has 0 aliphatic carbocycles. The smallest absolute Gasteiger partial charge is 0.410 e. The highest BCUT2D eigenvalue weighted by Gasteiger charge is 2.44. The second-order valence-corrected chi connectivity index (χ2v) is 7.10. The van der Waals surface area contributed by atoms with E-state index in [-0.39, 0.29) is 24.0 Å². The van der Waals surface area contributed by atoms with Gasteiger partial charge >= 0.3 is 6.09 Å². The van der Waals surface area contributed by atoms with Crippen molar-refractivity contribution < 1.29 is 14.3 Å². The van der Waals surface area contributed by atoms with Gasteiger partial charge in [-0.2, -0.15) is 0 Å². The molecule has 4 nitrogen and oxygen atoms in total. The van der Waals surface area contributed by atoms with Gasteiger partial charge in [0, 0.05) is 29.1 Å².